The Hall–Kier alpha value is -2.95. The van der Waals surface area contributed by atoms with Gasteiger partial charge in [-0.15, -0.1) is 0 Å². The van der Waals surface area contributed by atoms with Crippen LogP contribution in [0.15, 0.2) is 48.5 Å². The largest absolute Gasteiger partial charge is 0.497 e. The minimum Gasteiger partial charge on any atom is -0.497 e. The molecule has 0 bridgehead atoms. The number of rotatable bonds is 3. The van der Waals surface area contributed by atoms with E-state index in [2.05, 4.69) is 0 Å². The summed E-state index contributed by atoms with van der Waals surface area (Å²) in [5, 5.41) is 0. The summed E-state index contributed by atoms with van der Waals surface area (Å²) in [5.41, 5.74) is -1.20. The van der Waals surface area contributed by atoms with Crippen molar-refractivity contribution in [3.63, 3.8) is 0 Å². The Bertz CT molecular complexity index is 787. The third kappa shape index (κ3) is 2.12. The summed E-state index contributed by atoms with van der Waals surface area (Å²) in [4.78, 5) is 37.5. The van der Waals surface area contributed by atoms with Crippen molar-refractivity contribution in [1.82, 2.24) is 0 Å². The molecule has 5 heteroatoms. The molecule has 23 heavy (non-hydrogen) atoms. The highest BCUT2D eigenvalue weighted by atomic mass is 16.6. The molecule has 3 rings (SSSR count). The fraction of sp³-hybridized carbons (Fsp3) is 0.167. The van der Waals surface area contributed by atoms with Gasteiger partial charge in [0.15, 0.2) is 0 Å². The molecule has 0 spiro atoms. The van der Waals surface area contributed by atoms with Gasteiger partial charge in [-0.1, -0.05) is 36.4 Å². The number of hydrogen-bond donors (Lipinski definition) is 0. The van der Waals surface area contributed by atoms with Crippen molar-refractivity contribution in [3.05, 3.63) is 65.2 Å². The number of methoxy groups -OCH3 is 1. The van der Waals surface area contributed by atoms with Gasteiger partial charge in [-0.05, 0) is 12.1 Å². The number of carbonyl (C=O) groups excluding carboxylic acids is 3. The molecule has 0 fully saturated rings. The van der Waals surface area contributed by atoms with Gasteiger partial charge in [0.05, 0.1) is 7.11 Å². The van der Waals surface area contributed by atoms with Crippen LogP contribution in [-0.4, -0.2) is 24.6 Å². The summed E-state index contributed by atoms with van der Waals surface area (Å²) in [6, 6.07) is 12.9. The first kappa shape index (κ1) is 15.0. The van der Waals surface area contributed by atoms with E-state index in [-0.39, 0.29) is 16.7 Å². The summed E-state index contributed by atoms with van der Waals surface area (Å²) in [7, 11) is 1.48. The van der Waals surface area contributed by atoms with Gasteiger partial charge in [-0.3, -0.25) is 14.4 Å². The number of Topliss-reactive ketones (excluding diaryl/α,β-unsaturated/α-hetero) is 2. The molecule has 0 saturated carbocycles. The first-order valence-electron chi connectivity index (χ1n) is 7.03. The zero-order valence-corrected chi connectivity index (χ0v) is 12.7. The van der Waals surface area contributed by atoms with E-state index in [9.17, 15) is 14.4 Å². The minimum absolute atomic E-state index is 0.251. The number of ether oxygens (including phenoxy) is 2. The minimum atomic E-state index is -1.98. The lowest BCUT2D eigenvalue weighted by Crippen LogP contribution is -2.42. The van der Waals surface area contributed by atoms with E-state index in [0.717, 1.165) is 0 Å². The molecular weight excluding hydrogens is 296 g/mol. The van der Waals surface area contributed by atoms with Crippen molar-refractivity contribution < 1.29 is 23.9 Å². The molecule has 0 aromatic heterocycles. The highest BCUT2D eigenvalue weighted by Gasteiger charge is 2.57. The number of esters is 1. The molecule has 0 amide bonds. The average Bonchev–Trinajstić information content (AvgIpc) is 2.78. The molecule has 5 nitrogen and oxygen atoms in total. The lowest BCUT2D eigenvalue weighted by molar-refractivity contribution is -0.149. The molecule has 2 aromatic carbocycles. The average molecular weight is 310 g/mol. The number of ketones is 2. The predicted octanol–water partition coefficient (Wildman–Crippen LogP) is 2.53. The molecule has 0 radical (unpaired) electrons. The normalized spacial score (nSPS) is 15.2. The van der Waals surface area contributed by atoms with Gasteiger partial charge in [0.1, 0.15) is 5.75 Å². The maximum Gasteiger partial charge on any atom is 0.304 e. The van der Waals surface area contributed by atoms with Gasteiger partial charge < -0.3 is 9.47 Å². The van der Waals surface area contributed by atoms with Crippen LogP contribution in [-0.2, 0) is 15.1 Å². The molecular formula is C18H14O5. The zero-order chi connectivity index (χ0) is 16.6. The van der Waals surface area contributed by atoms with Gasteiger partial charge >= 0.3 is 5.97 Å². The lowest BCUT2D eigenvalue weighted by Gasteiger charge is -2.26. The smallest absolute Gasteiger partial charge is 0.304 e. The second-order valence-electron chi connectivity index (χ2n) is 5.21. The Morgan fingerprint density at radius 1 is 0.957 bits per heavy atom. The van der Waals surface area contributed by atoms with Gasteiger partial charge in [-0.2, -0.15) is 0 Å². The number of hydrogen-bond acceptors (Lipinski definition) is 5. The van der Waals surface area contributed by atoms with Gasteiger partial charge in [0, 0.05) is 23.6 Å². The summed E-state index contributed by atoms with van der Waals surface area (Å²) < 4.78 is 10.4. The first-order valence-corrected chi connectivity index (χ1v) is 7.03. The molecule has 0 saturated heterocycles. The van der Waals surface area contributed by atoms with Gasteiger partial charge in [-0.25, -0.2) is 0 Å². The zero-order valence-electron chi connectivity index (χ0n) is 12.7. The highest BCUT2D eigenvalue weighted by molar-refractivity contribution is 6.32. The molecule has 0 N–H and O–H groups in total. The maximum atomic E-state index is 12.9. The second-order valence-corrected chi connectivity index (χ2v) is 5.21. The molecule has 1 aliphatic carbocycles. The molecule has 0 atom stereocenters. The number of carbonyl (C=O) groups is 3. The van der Waals surface area contributed by atoms with Crippen molar-refractivity contribution in [1.29, 1.82) is 0 Å². The van der Waals surface area contributed by atoms with E-state index in [0.29, 0.717) is 5.75 Å². The van der Waals surface area contributed by atoms with E-state index in [1.54, 1.807) is 42.5 Å². The Kier molecular flexibility index (Phi) is 3.48. The predicted molar refractivity (Wildman–Crippen MR) is 81.5 cm³/mol. The Labute approximate surface area is 132 Å². The summed E-state index contributed by atoms with van der Waals surface area (Å²) in [6.07, 6.45) is 0. The molecule has 116 valence electrons. The Balaban J connectivity index is 2.25. The Morgan fingerprint density at radius 3 is 2.09 bits per heavy atom. The maximum absolute atomic E-state index is 12.9. The summed E-state index contributed by atoms with van der Waals surface area (Å²) in [6.45, 7) is 1.17. The van der Waals surface area contributed by atoms with E-state index in [1.807, 2.05) is 0 Å². The van der Waals surface area contributed by atoms with Crippen LogP contribution >= 0.6 is 0 Å². The summed E-state index contributed by atoms with van der Waals surface area (Å²) in [5.74, 6) is -1.32. The van der Waals surface area contributed by atoms with Crippen molar-refractivity contribution >= 4 is 17.5 Å². The van der Waals surface area contributed by atoms with Crippen LogP contribution in [0.1, 0.15) is 33.2 Å². The fourth-order valence-electron chi connectivity index (χ4n) is 2.83. The van der Waals surface area contributed by atoms with Crippen LogP contribution in [0, 0.1) is 0 Å². The number of benzene rings is 2. The third-order valence-corrected chi connectivity index (χ3v) is 3.83. The van der Waals surface area contributed by atoms with Gasteiger partial charge in [0.25, 0.3) is 5.60 Å². The van der Waals surface area contributed by atoms with Gasteiger partial charge in [0.2, 0.25) is 11.6 Å². The quantitative estimate of drug-likeness (QED) is 0.643. The van der Waals surface area contributed by atoms with Crippen LogP contribution in [0.5, 0.6) is 5.75 Å². The van der Waals surface area contributed by atoms with Crippen LogP contribution < -0.4 is 4.74 Å². The van der Waals surface area contributed by atoms with E-state index in [4.69, 9.17) is 9.47 Å². The molecule has 0 unspecified atom stereocenters. The van der Waals surface area contributed by atoms with Crippen LogP contribution in [0.2, 0.25) is 0 Å². The highest BCUT2D eigenvalue weighted by Crippen LogP contribution is 2.41. The molecule has 0 heterocycles. The fourth-order valence-corrected chi connectivity index (χ4v) is 2.83. The van der Waals surface area contributed by atoms with Crippen LogP contribution in [0.3, 0.4) is 0 Å². The second kappa shape index (κ2) is 5.35. The standard InChI is InChI=1S/C18H14O5/c1-11(19)23-18(12-6-5-7-13(10-12)22-2)16(20)14-8-3-4-9-15(14)17(18)21/h3-10H,1-2H3. The summed E-state index contributed by atoms with van der Waals surface area (Å²) >= 11 is 0. The SMILES string of the molecule is COc1cccc(C2(OC(C)=O)C(=O)c3ccccc3C2=O)c1. The number of fused-ring (bicyclic) bond motifs is 1. The topological polar surface area (TPSA) is 69.7 Å². The third-order valence-electron chi connectivity index (χ3n) is 3.83. The van der Waals surface area contributed by atoms with Crippen LogP contribution in [0.4, 0.5) is 0 Å². The van der Waals surface area contributed by atoms with E-state index in [1.165, 1.54) is 20.1 Å². The monoisotopic (exact) mass is 310 g/mol. The van der Waals surface area contributed by atoms with Crippen molar-refractivity contribution in [2.24, 2.45) is 0 Å². The van der Waals surface area contributed by atoms with Crippen molar-refractivity contribution in [3.8, 4) is 5.75 Å². The van der Waals surface area contributed by atoms with E-state index >= 15 is 0 Å². The van der Waals surface area contributed by atoms with E-state index < -0.39 is 23.1 Å². The molecule has 1 aliphatic rings. The molecule has 2 aromatic rings. The molecule has 0 aliphatic heterocycles. The van der Waals surface area contributed by atoms with Crippen molar-refractivity contribution in [2.75, 3.05) is 7.11 Å². The Morgan fingerprint density at radius 2 is 1.57 bits per heavy atom. The van der Waals surface area contributed by atoms with Crippen molar-refractivity contribution in [2.45, 2.75) is 12.5 Å². The van der Waals surface area contributed by atoms with Crippen LogP contribution in [0.25, 0.3) is 0 Å². The first-order chi connectivity index (χ1) is 11.0. The lowest BCUT2D eigenvalue weighted by atomic mass is 9.88.